The molecule has 0 fully saturated rings. The number of rotatable bonds is 8. The van der Waals surface area contributed by atoms with E-state index in [0.29, 0.717) is 0 Å². The molecule has 2 N–H and O–H groups in total. The first-order valence-electron chi connectivity index (χ1n) is 7.50. The third kappa shape index (κ3) is 4.73. The van der Waals surface area contributed by atoms with Crippen LogP contribution in [0.15, 0.2) is 18.5 Å². The molecule has 0 amide bonds. The summed E-state index contributed by atoms with van der Waals surface area (Å²) >= 11 is 0. The van der Waals surface area contributed by atoms with Gasteiger partial charge in [-0.15, -0.1) is 0 Å². The Labute approximate surface area is 126 Å². The molecule has 2 heterocycles. The summed E-state index contributed by atoms with van der Waals surface area (Å²) < 4.78 is 2.05. The highest BCUT2D eigenvalue weighted by molar-refractivity contribution is 5.46. The van der Waals surface area contributed by atoms with Crippen LogP contribution in [0.25, 0.3) is 0 Å². The molecule has 6 heteroatoms. The summed E-state index contributed by atoms with van der Waals surface area (Å²) in [5.74, 6) is 1.73. The highest BCUT2D eigenvalue weighted by Crippen LogP contribution is 2.09. The molecule has 0 unspecified atom stereocenters. The topological polar surface area (TPSA) is 67.7 Å². The lowest BCUT2D eigenvalue weighted by Crippen LogP contribution is -2.10. The van der Waals surface area contributed by atoms with E-state index in [-0.39, 0.29) is 0 Å². The van der Waals surface area contributed by atoms with Crippen molar-refractivity contribution in [3.05, 3.63) is 29.8 Å². The first-order valence-corrected chi connectivity index (χ1v) is 7.50. The zero-order valence-corrected chi connectivity index (χ0v) is 13.1. The Kier molecular flexibility index (Phi) is 5.54. The second-order valence-corrected chi connectivity index (χ2v) is 5.15. The van der Waals surface area contributed by atoms with Gasteiger partial charge < -0.3 is 10.6 Å². The van der Waals surface area contributed by atoms with Gasteiger partial charge in [-0.05, 0) is 32.8 Å². The van der Waals surface area contributed by atoms with Crippen molar-refractivity contribution in [2.24, 2.45) is 0 Å². The Bertz CT molecular complexity index is 563. The normalized spacial score (nSPS) is 10.6. The van der Waals surface area contributed by atoms with Crippen LogP contribution in [-0.2, 0) is 6.54 Å². The molecule has 0 atom stereocenters. The number of hydrogen-bond acceptors (Lipinski definition) is 5. The highest BCUT2D eigenvalue weighted by atomic mass is 15.3. The Morgan fingerprint density at radius 3 is 2.38 bits per heavy atom. The maximum absolute atomic E-state index is 4.46. The summed E-state index contributed by atoms with van der Waals surface area (Å²) in [4.78, 5) is 8.42. The quantitative estimate of drug-likeness (QED) is 0.731. The van der Waals surface area contributed by atoms with Gasteiger partial charge in [0.25, 0.3) is 0 Å². The van der Waals surface area contributed by atoms with E-state index in [1.165, 1.54) is 5.69 Å². The third-order valence-corrected chi connectivity index (χ3v) is 3.18. The second kappa shape index (κ2) is 7.61. The number of aryl methyl sites for hydroxylation is 3. The van der Waals surface area contributed by atoms with Crippen LogP contribution in [0.3, 0.4) is 0 Å². The summed E-state index contributed by atoms with van der Waals surface area (Å²) in [6.45, 7) is 8.94. The molecule has 0 spiro atoms. The molecule has 2 rings (SSSR count). The van der Waals surface area contributed by atoms with Crippen LogP contribution in [0.1, 0.15) is 31.2 Å². The van der Waals surface area contributed by atoms with E-state index in [2.05, 4.69) is 45.6 Å². The number of nitrogens with one attached hydrogen (secondary N) is 2. The SMILES string of the molecule is CCCNc1cc(NCCCn2nc(C)cc2C)ncn1. The maximum Gasteiger partial charge on any atom is 0.131 e. The molecule has 0 aliphatic heterocycles. The molecular formula is C15H24N6. The van der Waals surface area contributed by atoms with Gasteiger partial charge in [-0.1, -0.05) is 6.92 Å². The van der Waals surface area contributed by atoms with Crippen molar-refractivity contribution in [3.63, 3.8) is 0 Å². The predicted octanol–water partition coefficient (Wildman–Crippen LogP) is 2.61. The van der Waals surface area contributed by atoms with Gasteiger partial charge in [-0.2, -0.15) is 5.10 Å². The van der Waals surface area contributed by atoms with Crippen LogP contribution < -0.4 is 10.6 Å². The summed E-state index contributed by atoms with van der Waals surface area (Å²) in [7, 11) is 0. The lowest BCUT2D eigenvalue weighted by molar-refractivity contribution is 0.573. The van der Waals surface area contributed by atoms with Gasteiger partial charge in [-0.3, -0.25) is 4.68 Å². The average molecular weight is 288 g/mol. The summed E-state index contributed by atoms with van der Waals surface area (Å²) in [5, 5.41) is 11.0. The van der Waals surface area contributed by atoms with E-state index in [0.717, 1.165) is 49.8 Å². The predicted molar refractivity (Wildman–Crippen MR) is 85.6 cm³/mol. The van der Waals surface area contributed by atoms with E-state index in [9.17, 15) is 0 Å². The third-order valence-electron chi connectivity index (χ3n) is 3.18. The van der Waals surface area contributed by atoms with E-state index in [4.69, 9.17) is 0 Å². The van der Waals surface area contributed by atoms with Crippen molar-refractivity contribution >= 4 is 11.6 Å². The van der Waals surface area contributed by atoms with Gasteiger partial charge in [0.1, 0.15) is 18.0 Å². The smallest absolute Gasteiger partial charge is 0.131 e. The molecule has 114 valence electrons. The molecular weight excluding hydrogens is 264 g/mol. The van der Waals surface area contributed by atoms with Gasteiger partial charge in [-0.25, -0.2) is 9.97 Å². The zero-order chi connectivity index (χ0) is 15.1. The van der Waals surface area contributed by atoms with Gasteiger partial charge in [0.15, 0.2) is 0 Å². The zero-order valence-electron chi connectivity index (χ0n) is 13.1. The van der Waals surface area contributed by atoms with Crippen LogP contribution in [0.2, 0.25) is 0 Å². The van der Waals surface area contributed by atoms with Gasteiger partial charge in [0, 0.05) is 31.4 Å². The van der Waals surface area contributed by atoms with Crippen molar-refractivity contribution in [2.45, 2.75) is 40.2 Å². The highest BCUT2D eigenvalue weighted by Gasteiger charge is 2.01. The van der Waals surface area contributed by atoms with Gasteiger partial charge in [0.05, 0.1) is 5.69 Å². The Morgan fingerprint density at radius 2 is 1.76 bits per heavy atom. The average Bonchev–Trinajstić information content (AvgIpc) is 2.80. The van der Waals surface area contributed by atoms with Gasteiger partial charge >= 0.3 is 0 Å². The summed E-state index contributed by atoms with van der Waals surface area (Å²) in [6, 6.07) is 4.04. The Morgan fingerprint density at radius 1 is 1.05 bits per heavy atom. The minimum absolute atomic E-state index is 0.858. The fourth-order valence-electron chi connectivity index (χ4n) is 2.15. The van der Waals surface area contributed by atoms with E-state index >= 15 is 0 Å². The van der Waals surface area contributed by atoms with Crippen molar-refractivity contribution < 1.29 is 0 Å². The first-order chi connectivity index (χ1) is 10.2. The number of nitrogens with zero attached hydrogens (tertiary/aromatic N) is 4. The van der Waals surface area contributed by atoms with Crippen LogP contribution in [-0.4, -0.2) is 32.8 Å². The van der Waals surface area contributed by atoms with Crippen LogP contribution in [0, 0.1) is 13.8 Å². The largest absolute Gasteiger partial charge is 0.370 e. The minimum Gasteiger partial charge on any atom is -0.370 e. The number of anilines is 2. The van der Waals surface area contributed by atoms with Crippen LogP contribution in [0.5, 0.6) is 0 Å². The fourth-order valence-corrected chi connectivity index (χ4v) is 2.15. The van der Waals surface area contributed by atoms with E-state index in [1.54, 1.807) is 6.33 Å². The molecule has 21 heavy (non-hydrogen) atoms. The summed E-state index contributed by atoms with van der Waals surface area (Å²) in [5.41, 5.74) is 2.28. The van der Waals surface area contributed by atoms with Crippen molar-refractivity contribution in [1.29, 1.82) is 0 Å². The lowest BCUT2D eigenvalue weighted by Gasteiger charge is -2.08. The second-order valence-electron chi connectivity index (χ2n) is 5.15. The van der Waals surface area contributed by atoms with Crippen LogP contribution in [0.4, 0.5) is 11.6 Å². The Balaban J connectivity index is 1.76. The van der Waals surface area contributed by atoms with Crippen LogP contribution >= 0.6 is 0 Å². The fraction of sp³-hybridized carbons (Fsp3) is 0.533. The molecule has 0 bridgehead atoms. The number of hydrogen-bond donors (Lipinski definition) is 2. The molecule has 0 saturated carbocycles. The standard InChI is InChI=1S/C15H24N6/c1-4-6-16-14-10-15(19-11-18-14)17-7-5-8-21-13(3)9-12(2)20-21/h9-11H,4-8H2,1-3H3,(H2,16,17,18,19). The van der Waals surface area contributed by atoms with E-state index in [1.807, 2.05) is 17.7 Å². The molecule has 0 aromatic carbocycles. The van der Waals surface area contributed by atoms with Gasteiger partial charge in [0.2, 0.25) is 0 Å². The Hall–Kier alpha value is -2.11. The molecule has 2 aromatic rings. The van der Waals surface area contributed by atoms with E-state index < -0.39 is 0 Å². The molecule has 0 saturated heterocycles. The minimum atomic E-state index is 0.858. The molecule has 6 nitrogen and oxygen atoms in total. The monoisotopic (exact) mass is 288 g/mol. The lowest BCUT2D eigenvalue weighted by atomic mass is 10.3. The molecule has 0 aliphatic carbocycles. The number of aromatic nitrogens is 4. The maximum atomic E-state index is 4.46. The first kappa shape index (κ1) is 15.3. The molecule has 0 radical (unpaired) electrons. The summed E-state index contributed by atoms with van der Waals surface area (Å²) in [6.07, 6.45) is 3.67. The van der Waals surface area contributed by atoms with Crippen molar-refractivity contribution in [3.8, 4) is 0 Å². The van der Waals surface area contributed by atoms with Crippen molar-refractivity contribution in [2.75, 3.05) is 23.7 Å². The van der Waals surface area contributed by atoms with Crippen molar-refractivity contribution in [1.82, 2.24) is 19.7 Å². The molecule has 2 aromatic heterocycles. The molecule has 0 aliphatic rings.